The molecule has 120 valence electrons. The molecule has 0 radical (unpaired) electrons. The first kappa shape index (κ1) is 16.5. The Morgan fingerprint density at radius 3 is 3.04 bits per heavy atom. The van der Waals surface area contributed by atoms with Crippen LogP contribution in [0.3, 0.4) is 0 Å². The van der Waals surface area contributed by atoms with Crippen molar-refractivity contribution in [3.63, 3.8) is 0 Å². The van der Waals surface area contributed by atoms with Crippen molar-refractivity contribution in [3.05, 3.63) is 56.5 Å². The number of likely N-dealkylation sites (tertiary alicyclic amines) is 1. The number of hydrogen-bond acceptors (Lipinski definition) is 3. The molecule has 0 N–H and O–H groups in total. The highest BCUT2D eigenvalue weighted by Crippen LogP contribution is 2.29. The monoisotopic (exact) mass is 366 g/mol. The molecule has 1 aliphatic rings. The van der Waals surface area contributed by atoms with Gasteiger partial charge in [-0.15, -0.1) is 11.3 Å². The average molecular weight is 367 g/mol. The molecule has 1 saturated heterocycles. The summed E-state index contributed by atoms with van der Waals surface area (Å²) in [5, 5.41) is 4.06. The van der Waals surface area contributed by atoms with E-state index < -0.39 is 0 Å². The molecule has 1 atom stereocenters. The van der Waals surface area contributed by atoms with Crippen molar-refractivity contribution in [1.29, 1.82) is 0 Å². The number of hydrogen-bond donors (Lipinski definition) is 0. The topological polar surface area (TPSA) is 33.2 Å². The Labute approximate surface area is 149 Å². The minimum absolute atomic E-state index is 0.00213. The number of carbonyl (C=O) groups is 1. The van der Waals surface area contributed by atoms with E-state index in [0.29, 0.717) is 16.0 Å². The van der Waals surface area contributed by atoms with Crippen molar-refractivity contribution in [1.82, 2.24) is 9.88 Å². The number of nitrogens with zero attached hydrogens (tertiary/aromatic N) is 2. The zero-order valence-electron chi connectivity index (χ0n) is 12.4. The second-order valence-corrected chi connectivity index (χ2v) is 7.18. The Bertz CT molecular complexity index is 715. The highest BCUT2D eigenvalue weighted by atomic mass is 35.5. The van der Waals surface area contributed by atoms with Crippen LogP contribution in [0.5, 0.6) is 0 Å². The molecular weight excluding hydrogens is 351 g/mol. The molecule has 23 heavy (non-hydrogen) atoms. The molecule has 0 bridgehead atoms. The maximum atomic E-state index is 12.4. The molecule has 3 nitrogen and oxygen atoms in total. The van der Waals surface area contributed by atoms with Crippen LogP contribution in [-0.2, 0) is 4.79 Å². The van der Waals surface area contributed by atoms with Crippen molar-refractivity contribution < 1.29 is 4.79 Å². The maximum Gasteiger partial charge on any atom is 0.246 e. The van der Waals surface area contributed by atoms with E-state index in [9.17, 15) is 4.79 Å². The Balaban J connectivity index is 1.68. The van der Waals surface area contributed by atoms with Crippen molar-refractivity contribution in [2.45, 2.75) is 18.8 Å². The summed E-state index contributed by atoms with van der Waals surface area (Å²) in [6.07, 6.45) is 7.20. The van der Waals surface area contributed by atoms with Crippen LogP contribution in [0.1, 0.15) is 29.3 Å². The SMILES string of the molecule is O=C(/C=C/c1cccc(Cl)c1Cl)N1CCCC(c2nccs2)C1. The molecule has 3 rings (SSSR count). The van der Waals surface area contributed by atoms with Gasteiger partial charge in [-0.3, -0.25) is 4.79 Å². The fourth-order valence-electron chi connectivity index (χ4n) is 2.73. The molecule has 1 fully saturated rings. The van der Waals surface area contributed by atoms with Crippen molar-refractivity contribution in [3.8, 4) is 0 Å². The van der Waals surface area contributed by atoms with Gasteiger partial charge in [-0.25, -0.2) is 4.98 Å². The summed E-state index contributed by atoms with van der Waals surface area (Å²) in [5.74, 6) is 0.346. The lowest BCUT2D eigenvalue weighted by molar-refractivity contribution is -0.127. The summed E-state index contributed by atoms with van der Waals surface area (Å²) in [5.41, 5.74) is 0.751. The van der Waals surface area contributed by atoms with Gasteiger partial charge in [0.2, 0.25) is 5.91 Å². The predicted molar refractivity (Wildman–Crippen MR) is 96.2 cm³/mol. The first-order valence-corrected chi connectivity index (χ1v) is 9.09. The Hall–Kier alpha value is -1.36. The fourth-order valence-corrected chi connectivity index (χ4v) is 3.87. The van der Waals surface area contributed by atoms with Crippen LogP contribution in [0.15, 0.2) is 35.9 Å². The number of amides is 1. The van der Waals surface area contributed by atoms with E-state index in [2.05, 4.69) is 4.98 Å². The lowest BCUT2D eigenvalue weighted by atomic mass is 9.98. The predicted octanol–water partition coefficient (Wildman–Crippen LogP) is 4.87. The first-order chi connectivity index (χ1) is 11.1. The van der Waals surface area contributed by atoms with Gasteiger partial charge in [-0.2, -0.15) is 0 Å². The number of aromatic nitrogens is 1. The van der Waals surface area contributed by atoms with Gasteiger partial charge >= 0.3 is 0 Å². The molecule has 1 aromatic carbocycles. The minimum atomic E-state index is 0.00213. The molecule has 1 amide bonds. The molecular formula is C17H16Cl2N2OS. The van der Waals surface area contributed by atoms with Gasteiger partial charge in [-0.1, -0.05) is 35.3 Å². The Morgan fingerprint density at radius 2 is 2.26 bits per heavy atom. The van der Waals surface area contributed by atoms with Crippen LogP contribution in [-0.4, -0.2) is 28.9 Å². The van der Waals surface area contributed by atoms with Crippen LogP contribution in [0.4, 0.5) is 0 Å². The van der Waals surface area contributed by atoms with Gasteiger partial charge in [0, 0.05) is 36.7 Å². The molecule has 1 aromatic heterocycles. The van der Waals surface area contributed by atoms with Gasteiger partial charge < -0.3 is 4.90 Å². The smallest absolute Gasteiger partial charge is 0.246 e. The normalized spacial score (nSPS) is 18.5. The van der Waals surface area contributed by atoms with E-state index in [1.54, 1.807) is 29.6 Å². The lowest BCUT2D eigenvalue weighted by Crippen LogP contribution is -2.38. The number of halogens is 2. The van der Waals surface area contributed by atoms with Crippen LogP contribution < -0.4 is 0 Å². The van der Waals surface area contributed by atoms with E-state index in [4.69, 9.17) is 23.2 Å². The zero-order chi connectivity index (χ0) is 16.2. The van der Waals surface area contributed by atoms with Gasteiger partial charge in [-0.05, 0) is 30.5 Å². The molecule has 6 heteroatoms. The first-order valence-electron chi connectivity index (χ1n) is 7.45. The molecule has 1 aliphatic heterocycles. The second kappa shape index (κ2) is 7.47. The van der Waals surface area contributed by atoms with Gasteiger partial charge in [0.05, 0.1) is 15.1 Å². The maximum absolute atomic E-state index is 12.4. The minimum Gasteiger partial charge on any atom is -0.338 e. The quantitative estimate of drug-likeness (QED) is 0.726. The summed E-state index contributed by atoms with van der Waals surface area (Å²) >= 11 is 13.8. The summed E-state index contributed by atoms with van der Waals surface area (Å²) < 4.78 is 0. The molecule has 0 spiro atoms. The summed E-state index contributed by atoms with van der Waals surface area (Å²) in [6.45, 7) is 1.51. The van der Waals surface area contributed by atoms with Crippen LogP contribution in [0, 0.1) is 0 Å². The third-order valence-corrected chi connectivity index (χ3v) is 5.69. The zero-order valence-corrected chi connectivity index (χ0v) is 14.7. The van der Waals surface area contributed by atoms with E-state index >= 15 is 0 Å². The van der Waals surface area contributed by atoms with Crippen LogP contribution >= 0.6 is 34.5 Å². The van der Waals surface area contributed by atoms with Gasteiger partial charge in [0.15, 0.2) is 0 Å². The third kappa shape index (κ3) is 3.94. The van der Waals surface area contributed by atoms with Crippen molar-refractivity contribution in [2.75, 3.05) is 13.1 Å². The molecule has 0 aliphatic carbocycles. The second-order valence-electron chi connectivity index (χ2n) is 5.47. The number of benzene rings is 1. The number of piperidine rings is 1. The summed E-state index contributed by atoms with van der Waals surface area (Å²) in [7, 11) is 0. The van der Waals surface area contributed by atoms with Gasteiger partial charge in [0.25, 0.3) is 0 Å². The van der Waals surface area contributed by atoms with Crippen molar-refractivity contribution >= 4 is 46.5 Å². The largest absolute Gasteiger partial charge is 0.338 e. The average Bonchev–Trinajstić information content (AvgIpc) is 3.10. The molecule has 1 unspecified atom stereocenters. The van der Waals surface area contributed by atoms with Crippen molar-refractivity contribution in [2.24, 2.45) is 0 Å². The summed E-state index contributed by atoms with van der Waals surface area (Å²) in [6, 6.07) is 5.39. The number of rotatable bonds is 3. The van der Waals surface area contributed by atoms with E-state index in [0.717, 1.165) is 36.5 Å². The molecule has 2 heterocycles. The number of thiazole rings is 1. The molecule has 0 saturated carbocycles. The van der Waals surface area contributed by atoms with Gasteiger partial charge in [0.1, 0.15) is 0 Å². The highest BCUT2D eigenvalue weighted by Gasteiger charge is 2.25. The van der Waals surface area contributed by atoms with E-state index in [1.807, 2.05) is 28.6 Å². The van der Waals surface area contributed by atoms with Crippen LogP contribution in [0.2, 0.25) is 10.0 Å². The van der Waals surface area contributed by atoms with Crippen LogP contribution in [0.25, 0.3) is 6.08 Å². The van der Waals surface area contributed by atoms with E-state index in [-0.39, 0.29) is 5.91 Å². The Kier molecular flexibility index (Phi) is 5.36. The van der Waals surface area contributed by atoms with E-state index in [1.165, 1.54) is 0 Å². The highest BCUT2D eigenvalue weighted by molar-refractivity contribution is 7.09. The standard InChI is InChI=1S/C17H16Cl2N2OS/c18-14-5-1-3-12(16(14)19)6-7-15(22)21-9-2-4-13(11-21)17-20-8-10-23-17/h1,3,5-8,10,13H,2,4,9,11H2/b7-6+. The summed E-state index contributed by atoms with van der Waals surface area (Å²) in [4.78, 5) is 18.7. The fraction of sp³-hybridized carbons (Fsp3) is 0.294. The number of carbonyl (C=O) groups excluding carboxylic acids is 1. The third-order valence-electron chi connectivity index (χ3n) is 3.92. The Morgan fingerprint density at radius 1 is 1.39 bits per heavy atom. The lowest BCUT2D eigenvalue weighted by Gasteiger charge is -2.31. The molecule has 2 aromatic rings.